The molecule has 3 aromatic heterocycles. The number of hydrogen-bond acceptors (Lipinski definition) is 7. The minimum Gasteiger partial charge on any atom is -0.493 e. The summed E-state index contributed by atoms with van der Waals surface area (Å²) in [6.07, 6.45) is 4.74. The van der Waals surface area contributed by atoms with Gasteiger partial charge in [0.25, 0.3) is 0 Å². The summed E-state index contributed by atoms with van der Waals surface area (Å²) in [6, 6.07) is 9.49. The fourth-order valence-electron chi connectivity index (χ4n) is 3.62. The van der Waals surface area contributed by atoms with Crippen molar-refractivity contribution in [1.29, 1.82) is 0 Å². The van der Waals surface area contributed by atoms with Gasteiger partial charge in [-0.1, -0.05) is 0 Å². The lowest BCUT2D eigenvalue weighted by atomic mass is 10.2. The van der Waals surface area contributed by atoms with Gasteiger partial charge in [0.2, 0.25) is 5.88 Å². The molecule has 1 aliphatic heterocycles. The Morgan fingerprint density at radius 3 is 3.03 bits per heavy atom. The molecule has 0 radical (unpaired) electrons. The molecule has 5 rings (SSSR count). The molecule has 0 saturated carbocycles. The molecule has 1 fully saturated rings. The van der Waals surface area contributed by atoms with Gasteiger partial charge in [-0.25, -0.2) is 15.0 Å². The van der Waals surface area contributed by atoms with Crippen LogP contribution in [0.1, 0.15) is 19.1 Å². The number of anilines is 1. The Balaban J connectivity index is 1.27. The van der Waals surface area contributed by atoms with Crippen LogP contribution in [-0.2, 0) is 4.74 Å². The number of rotatable bonds is 4. The highest BCUT2D eigenvalue weighted by molar-refractivity contribution is 9.10. The number of nitrogens with zero attached hydrogens (tertiary/aromatic N) is 4. The lowest BCUT2D eigenvalue weighted by Crippen LogP contribution is -2.18. The maximum atomic E-state index is 9.86. The van der Waals surface area contributed by atoms with Gasteiger partial charge in [0.05, 0.1) is 21.5 Å². The van der Waals surface area contributed by atoms with E-state index >= 15 is 0 Å². The lowest BCUT2D eigenvalue weighted by molar-refractivity contribution is -0.0156. The fourth-order valence-corrected chi connectivity index (χ4v) is 3.95. The molecular formula is C20H18BrN5O3. The summed E-state index contributed by atoms with van der Waals surface area (Å²) in [4.78, 5) is 12.5. The molecule has 2 unspecified atom stereocenters. The maximum Gasteiger partial charge on any atom is 0.223 e. The molecule has 4 aromatic rings. The predicted octanol–water partition coefficient (Wildman–Crippen LogP) is 3.79. The second-order valence-electron chi connectivity index (χ2n) is 6.97. The molecule has 29 heavy (non-hydrogen) atoms. The van der Waals surface area contributed by atoms with Gasteiger partial charge in [0, 0.05) is 17.6 Å². The van der Waals surface area contributed by atoms with E-state index in [9.17, 15) is 5.11 Å². The minimum absolute atomic E-state index is 0.0239. The van der Waals surface area contributed by atoms with Crippen molar-refractivity contribution < 1.29 is 14.6 Å². The summed E-state index contributed by atoms with van der Waals surface area (Å²) in [5.74, 6) is 1.15. The number of aromatic nitrogens is 4. The highest BCUT2D eigenvalue weighted by Gasteiger charge is 2.28. The van der Waals surface area contributed by atoms with Crippen LogP contribution in [0.5, 0.6) is 11.6 Å². The van der Waals surface area contributed by atoms with Crippen LogP contribution >= 0.6 is 15.9 Å². The molecule has 3 N–H and O–H groups in total. The van der Waals surface area contributed by atoms with Crippen molar-refractivity contribution >= 4 is 43.7 Å². The standard InChI is InChI=1S/C20H18BrN5O3/c21-15-7-11-1-2-12(8-16(11)25-18(15)22)28-9-13-3-4-17(29-13)26-6-5-14-19(26)23-10-24-20(14)27/h1-2,5-8,10,13,17H,3-4,9H2,(H2,22,25)(H,23,24,27). The van der Waals surface area contributed by atoms with Crippen LogP contribution in [0.25, 0.3) is 21.9 Å². The first-order valence-electron chi connectivity index (χ1n) is 9.23. The van der Waals surface area contributed by atoms with Crippen molar-refractivity contribution in [2.24, 2.45) is 0 Å². The van der Waals surface area contributed by atoms with Gasteiger partial charge in [0.1, 0.15) is 36.4 Å². The number of aromatic hydroxyl groups is 1. The third-order valence-electron chi connectivity index (χ3n) is 5.09. The summed E-state index contributed by atoms with van der Waals surface area (Å²) in [5.41, 5.74) is 7.32. The summed E-state index contributed by atoms with van der Waals surface area (Å²) in [6.45, 7) is 0.438. The van der Waals surface area contributed by atoms with Crippen LogP contribution in [0.15, 0.2) is 47.3 Å². The monoisotopic (exact) mass is 455 g/mol. The molecule has 0 amide bonds. The van der Waals surface area contributed by atoms with Gasteiger partial charge in [-0.05, 0) is 53.0 Å². The van der Waals surface area contributed by atoms with E-state index in [2.05, 4.69) is 30.9 Å². The molecule has 8 nitrogen and oxygen atoms in total. The molecule has 0 aliphatic carbocycles. The highest BCUT2D eigenvalue weighted by atomic mass is 79.9. The number of hydrogen-bond donors (Lipinski definition) is 2. The minimum atomic E-state index is -0.147. The van der Waals surface area contributed by atoms with Crippen LogP contribution in [0.3, 0.4) is 0 Å². The molecule has 148 valence electrons. The Morgan fingerprint density at radius 2 is 2.14 bits per heavy atom. The average Bonchev–Trinajstić information content (AvgIpc) is 3.35. The van der Waals surface area contributed by atoms with E-state index < -0.39 is 0 Å². The van der Waals surface area contributed by atoms with Gasteiger partial charge < -0.3 is 24.9 Å². The number of nitrogens with two attached hydrogens (primary N) is 1. The van der Waals surface area contributed by atoms with Crippen molar-refractivity contribution in [3.8, 4) is 11.6 Å². The summed E-state index contributed by atoms with van der Waals surface area (Å²) in [7, 11) is 0. The number of halogens is 1. The molecule has 0 spiro atoms. The first-order chi connectivity index (χ1) is 14.1. The zero-order chi connectivity index (χ0) is 20.0. The smallest absolute Gasteiger partial charge is 0.223 e. The molecular weight excluding hydrogens is 438 g/mol. The zero-order valence-electron chi connectivity index (χ0n) is 15.3. The van der Waals surface area contributed by atoms with Gasteiger partial charge in [-0.3, -0.25) is 0 Å². The van der Waals surface area contributed by atoms with Gasteiger partial charge in [-0.15, -0.1) is 0 Å². The Hall–Kier alpha value is -2.91. The Kier molecular flexibility index (Phi) is 4.48. The number of ether oxygens (including phenoxy) is 2. The van der Waals surface area contributed by atoms with E-state index in [1.54, 1.807) is 6.07 Å². The van der Waals surface area contributed by atoms with Crippen molar-refractivity contribution in [3.05, 3.63) is 47.3 Å². The normalized spacial score (nSPS) is 19.2. The number of fused-ring (bicyclic) bond motifs is 2. The van der Waals surface area contributed by atoms with E-state index in [-0.39, 0.29) is 18.2 Å². The van der Waals surface area contributed by atoms with Crippen molar-refractivity contribution in [3.63, 3.8) is 0 Å². The fraction of sp³-hybridized carbons (Fsp3) is 0.250. The molecule has 1 aromatic carbocycles. The van der Waals surface area contributed by atoms with Crippen LogP contribution < -0.4 is 10.5 Å². The topological polar surface area (TPSA) is 108 Å². The van der Waals surface area contributed by atoms with E-state index in [1.807, 2.05) is 35.0 Å². The first-order valence-corrected chi connectivity index (χ1v) is 10.0. The Labute approximate surface area is 174 Å². The average molecular weight is 456 g/mol. The summed E-state index contributed by atoms with van der Waals surface area (Å²) in [5, 5.41) is 11.5. The van der Waals surface area contributed by atoms with E-state index in [0.29, 0.717) is 23.5 Å². The SMILES string of the molecule is Nc1nc2cc(OCC3CCC(n4ccc5c(O)ncnc54)O3)ccc2cc1Br. The van der Waals surface area contributed by atoms with E-state index in [4.69, 9.17) is 15.2 Å². The molecule has 2 atom stereocenters. The van der Waals surface area contributed by atoms with Gasteiger partial charge >= 0.3 is 0 Å². The second kappa shape index (κ2) is 7.16. The van der Waals surface area contributed by atoms with Crippen molar-refractivity contribution in [1.82, 2.24) is 19.5 Å². The van der Waals surface area contributed by atoms with Crippen LogP contribution in [0, 0.1) is 0 Å². The molecule has 1 aliphatic rings. The van der Waals surface area contributed by atoms with E-state index in [0.717, 1.165) is 34.0 Å². The predicted molar refractivity (Wildman–Crippen MR) is 112 cm³/mol. The number of nitrogen functional groups attached to an aromatic ring is 1. The second-order valence-corrected chi connectivity index (χ2v) is 7.82. The first kappa shape index (κ1) is 18.1. The molecule has 1 saturated heterocycles. The van der Waals surface area contributed by atoms with Crippen LogP contribution in [-0.4, -0.2) is 37.3 Å². The third kappa shape index (κ3) is 3.36. The summed E-state index contributed by atoms with van der Waals surface area (Å²) < 4.78 is 14.8. The van der Waals surface area contributed by atoms with Crippen molar-refractivity contribution in [2.45, 2.75) is 25.2 Å². The number of pyridine rings is 1. The Bertz CT molecular complexity index is 1210. The van der Waals surface area contributed by atoms with Crippen LogP contribution in [0.4, 0.5) is 5.82 Å². The highest BCUT2D eigenvalue weighted by Crippen LogP contribution is 2.33. The van der Waals surface area contributed by atoms with Gasteiger partial charge in [-0.2, -0.15) is 0 Å². The largest absolute Gasteiger partial charge is 0.493 e. The molecule has 4 heterocycles. The Morgan fingerprint density at radius 1 is 1.24 bits per heavy atom. The van der Waals surface area contributed by atoms with E-state index in [1.165, 1.54) is 6.33 Å². The van der Waals surface area contributed by atoms with Crippen LogP contribution in [0.2, 0.25) is 0 Å². The van der Waals surface area contributed by atoms with Gasteiger partial charge in [0.15, 0.2) is 0 Å². The maximum absolute atomic E-state index is 9.86. The third-order valence-corrected chi connectivity index (χ3v) is 5.72. The quantitative estimate of drug-likeness (QED) is 0.481. The summed E-state index contributed by atoms with van der Waals surface area (Å²) >= 11 is 3.39. The zero-order valence-corrected chi connectivity index (χ0v) is 16.9. The van der Waals surface area contributed by atoms with Crippen molar-refractivity contribution in [2.75, 3.05) is 12.3 Å². The molecule has 9 heteroatoms. The lowest BCUT2D eigenvalue weighted by Gasteiger charge is -2.16. The number of benzene rings is 1. The molecule has 0 bridgehead atoms.